The van der Waals surface area contributed by atoms with E-state index in [0.29, 0.717) is 13.1 Å². The van der Waals surface area contributed by atoms with Gasteiger partial charge in [0.2, 0.25) is 0 Å². The van der Waals surface area contributed by atoms with Gasteiger partial charge in [-0.1, -0.05) is 37.3 Å². The summed E-state index contributed by atoms with van der Waals surface area (Å²) in [5.41, 5.74) is 1.02. The fourth-order valence-electron chi connectivity index (χ4n) is 2.96. The van der Waals surface area contributed by atoms with E-state index in [1.807, 2.05) is 37.3 Å². The normalized spacial score (nSPS) is 20.3. The Labute approximate surface area is 146 Å². The lowest BCUT2D eigenvalue weighted by Crippen LogP contribution is -2.48. The van der Waals surface area contributed by atoms with E-state index in [-0.39, 0.29) is 29.7 Å². The van der Waals surface area contributed by atoms with Crippen LogP contribution < -0.4 is 10.9 Å². The monoisotopic (exact) mass is 341 g/mol. The number of nitrogens with zero attached hydrogens (tertiary/aromatic N) is 2. The summed E-state index contributed by atoms with van der Waals surface area (Å²) in [6, 6.07) is 12.7. The van der Waals surface area contributed by atoms with Gasteiger partial charge in [-0.3, -0.25) is 4.79 Å². The molecule has 6 nitrogen and oxygen atoms in total. The minimum Gasteiger partial charge on any atom is -0.391 e. The fourth-order valence-corrected chi connectivity index (χ4v) is 2.96. The van der Waals surface area contributed by atoms with Crippen LogP contribution in [0.3, 0.4) is 0 Å². The Morgan fingerprint density at radius 1 is 1.24 bits per heavy atom. The summed E-state index contributed by atoms with van der Waals surface area (Å²) in [6.45, 7) is 3.29. The quantitative estimate of drug-likeness (QED) is 0.898. The lowest BCUT2D eigenvalue weighted by molar-refractivity contribution is 0.0463. The summed E-state index contributed by atoms with van der Waals surface area (Å²) in [5, 5.41) is 12.6. The average molecular weight is 341 g/mol. The summed E-state index contributed by atoms with van der Waals surface area (Å²) in [6.07, 6.45) is 1.93. The Hall–Kier alpha value is -2.60. The highest BCUT2D eigenvalue weighted by molar-refractivity contribution is 5.89. The molecule has 6 heteroatoms. The average Bonchev–Trinajstić information content (AvgIpc) is 2.61. The van der Waals surface area contributed by atoms with Gasteiger partial charge in [-0.25, -0.2) is 4.79 Å². The Kier molecular flexibility index (Phi) is 5.19. The third-order valence-electron chi connectivity index (χ3n) is 4.66. The third-order valence-corrected chi connectivity index (χ3v) is 4.66. The number of hydrogen-bond acceptors (Lipinski definition) is 3. The molecule has 1 fully saturated rings. The number of aliphatic hydroxyl groups excluding tert-OH is 1. The van der Waals surface area contributed by atoms with Crippen molar-refractivity contribution in [2.45, 2.75) is 26.0 Å². The zero-order valence-electron chi connectivity index (χ0n) is 14.3. The van der Waals surface area contributed by atoms with Crippen LogP contribution in [0.4, 0.5) is 10.5 Å². The number of aromatic nitrogens is 1. The number of amides is 2. The first kappa shape index (κ1) is 17.2. The SMILES string of the molecule is CC1CCN(C(=O)Nc2cccn(Cc3ccccc3)c2=O)CC1O. The van der Waals surface area contributed by atoms with Crippen LogP contribution in [-0.2, 0) is 6.54 Å². The molecule has 1 aromatic heterocycles. The van der Waals surface area contributed by atoms with Crippen molar-refractivity contribution in [2.75, 3.05) is 18.4 Å². The second kappa shape index (κ2) is 7.53. The molecule has 132 valence electrons. The van der Waals surface area contributed by atoms with Crippen molar-refractivity contribution >= 4 is 11.7 Å². The van der Waals surface area contributed by atoms with Crippen LogP contribution in [0.2, 0.25) is 0 Å². The number of rotatable bonds is 3. The van der Waals surface area contributed by atoms with E-state index in [4.69, 9.17) is 0 Å². The number of anilines is 1. The number of benzene rings is 1. The number of β-amino-alcohol motifs (C(OH)–C–C–N with tert-alkyl or cyclic N) is 1. The number of pyridine rings is 1. The third kappa shape index (κ3) is 4.09. The molecule has 3 rings (SSSR count). The predicted molar refractivity (Wildman–Crippen MR) is 96.6 cm³/mol. The molecule has 0 spiro atoms. The largest absolute Gasteiger partial charge is 0.391 e. The Bertz CT molecular complexity index is 788. The summed E-state index contributed by atoms with van der Waals surface area (Å²) in [7, 11) is 0. The Balaban J connectivity index is 1.72. The molecule has 25 heavy (non-hydrogen) atoms. The van der Waals surface area contributed by atoms with Gasteiger partial charge in [0.25, 0.3) is 5.56 Å². The van der Waals surface area contributed by atoms with Crippen molar-refractivity contribution in [3.8, 4) is 0 Å². The van der Waals surface area contributed by atoms with E-state index in [9.17, 15) is 14.7 Å². The summed E-state index contributed by atoms with van der Waals surface area (Å²) in [5.74, 6) is 0.184. The maximum Gasteiger partial charge on any atom is 0.322 e. The lowest BCUT2D eigenvalue weighted by Gasteiger charge is -2.34. The number of piperidine rings is 1. The van der Waals surface area contributed by atoms with E-state index in [1.54, 1.807) is 27.8 Å². The number of aliphatic hydroxyl groups is 1. The van der Waals surface area contributed by atoms with Crippen LogP contribution in [0.5, 0.6) is 0 Å². The molecule has 0 bridgehead atoms. The van der Waals surface area contributed by atoms with E-state index >= 15 is 0 Å². The van der Waals surface area contributed by atoms with Crippen LogP contribution >= 0.6 is 0 Å². The Morgan fingerprint density at radius 3 is 2.72 bits per heavy atom. The first-order valence-corrected chi connectivity index (χ1v) is 8.52. The highest BCUT2D eigenvalue weighted by Gasteiger charge is 2.27. The Morgan fingerprint density at radius 2 is 2.00 bits per heavy atom. The van der Waals surface area contributed by atoms with E-state index < -0.39 is 6.10 Å². The van der Waals surface area contributed by atoms with Crippen LogP contribution in [-0.4, -0.2) is 39.8 Å². The van der Waals surface area contributed by atoms with E-state index in [2.05, 4.69) is 5.32 Å². The van der Waals surface area contributed by atoms with Gasteiger partial charge in [-0.2, -0.15) is 0 Å². The number of urea groups is 1. The van der Waals surface area contributed by atoms with Gasteiger partial charge < -0.3 is 19.9 Å². The second-order valence-electron chi connectivity index (χ2n) is 6.55. The molecule has 0 aliphatic carbocycles. The topological polar surface area (TPSA) is 74.6 Å². The molecule has 1 aliphatic heterocycles. The fraction of sp³-hybridized carbons (Fsp3) is 0.368. The molecule has 0 radical (unpaired) electrons. The molecular formula is C19H23N3O3. The van der Waals surface area contributed by atoms with Gasteiger partial charge in [0.15, 0.2) is 0 Å². The van der Waals surface area contributed by atoms with E-state index in [0.717, 1.165) is 12.0 Å². The standard InChI is InChI=1S/C19H23N3O3/c1-14-9-11-22(13-17(14)23)19(25)20-16-8-5-10-21(18(16)24)12-15-6-3-2-4-7-15/h2-8,10,14,17,23H,9,11-13H2,1H3,(H,20,25). The highest BCUT2D eigenvalue weighted by atomic mass is 16.3. The number of hydrogen-bond donors (Lipinski definition) is 2. The minimum absolute atomic E-state index is 0.184. The van der Waals surface area contributed by atoms with Gasteiger partial charge in [0.1, 0.15) is 5.69 Å². The molecule has 2 unspecified atom stereocenters. The smallest absolute Gasteiger partial charge is 0.322 e. The van der Waals surface area contributed by atoms with Crippen LogP contribution in [0.1, 0.15) is 18.9 Å². The van der Waals surface area contributed by atoms with Crippen LogP contribution in [0.15, 0.2) is 53.5 Å². The van der Waals surface area contributed by atoms with Crippen molar-refractivity contribution in [1.82, 2.24) is 9.47 Å². The molecule has 2 aromatic rings. The lowest BCUT2D eigenvalue weighted by atomic mass is 9.96. The van der Waals surface area contributed by atoms with Crippen molar-refractivity contribution in [2.24, 2.45) is 5.92 Å². The molecule has 1 aliphatic rings. The molecule has 2 N–H and O–H groups in total. The number of carbonyl (C=O) groups excluding carboxylic acids is 1. The zero-order valence-corrected chi connectivity index (χ0v) is 14.3. The summed E-state index contributed by atoms with van der Waals surface area (Å²) < 4.78 is 1.57. The summed E-state index contributed by atoms with van der Waals surface area (Å²) in [4.78, 5) is 26.5. The van der Waals surface area contributed by atoms with Crippen molar-refractivity contribution in [3.05, 3.63) is 64.6 Å². The maximum atomic E-state index is 12.6. The number of nitrogens with one attached hydrogen (secondary N) is 1. The summed E-state index contributed by atoms with van der Waals surface area (Å²) >= 11 is 0. The van der Waals surface area contributed by atoms with Gasteiger partial charge >= 0.3 is 6.03 Å². The van der Waals surface area contributed by atoms with Gasteiger partial charge in [-0.05, 0) is 30.0 Å². The molecule has 0 saturated carbocycles. The molecule has 2 heterocycles. The van der Waals surface area contributed by atoms with Crippen molar-refractivity contribution < 1.29 is 9.90 Å². The zero-order chi connectivity index (χ0) is 17.8. The molecule has 2 atom stereocenters. The number of carbonyl (C=O) groups is 1. The van der Waals surface area contributed by atoms with Crippen molar-refractivity contribution in [1.29, 1.82) is 0 Å². The maximum absolute atomic E-state index is 12.6. The molecule has 1 saturated heterocycles. The second-order valence-corrected chi connectivity index (χ2v) is 6.55. The molecular weight excluding hydrogens is 318 g/mol. The molecule has 1 aromatic carbocycles. The predicted octanol–water partition coefficient (Wildman–Crippen LogP) is 2.13. The van der Waals surface area contributed by atoms with Crippen LogP contribution in [0.25, 0.3) is 0 Å². The van der Waals surface area contributed by atoms with Crippen LogP contribution in [0, 0.1) is 5.92 Å². The first-order chi connectivity index (χ1) is 12.0. The first-order valence-electron chi connectivity index (χ1n) is 8.52. The minimum atomic E-state index is -0.523. The van der Waals surface area contributed by atoms with Gasteiger partial charge in [0, 0.05) is 19.3 Å². The van der Waals surface area contributed by atoms with Gasteiger partial charge in [-0.15, -0.1) is 0 Å². The van der Waals surface area contributed by atoms with E-state index in [1.165, 1.54) is 0 Å². The van der Waals surface area contributed by atoms with Crippen molar-refractivity contribution in [3.63, 3.8) is 0 Å². The highest BCUT2D eigenvalue weighted by Crippen LogP contribution is 2.17. The number of likely N-dealkylation sites (tertiary alicyclic amines) is 1. The van der Waals surface area contributed by atoms with Gasteiger partial charge in [0.05, 0.1) is 12.6 Å². The molecule has 2 amide bonds.